The van der Waals surface area contributed by atoms with E-state index >= 15 is 0 Å². The Bertz CT molecular complexity index is 1490. The summed E-state index contributed by atoms with van der Waals surface area (Å²) in [6, 6.07) is 19.3. The number of nitrogens with one attached hydrogen (secondary N) is 2. The highest BCUT2D eigenvalue weighted by Gasteiger charge is 2.17. The van der Waals surface area contributed by atoms with Crippen LogP contribution in [0.2, 0.25) is 0 Å². The van der Waals surface area contributed by atoms with E-state index in [0.717, 1.165) is 23.3 Å². The maximum absolute atomic E-state index is 13.0. The van der Waals surface area contributed by atoms with Gasteiger partial charge in [-0.25, -0.2) is 9.97 Å². The molecule has 3 aromatic heterocycles. The first-order chi connectivity index (χ1) is 17.6. The topological polar surface area (TPSA) is 103 Å². The van der Waals surface area contributed by atoms with Crippen molar-refractivity contribution in [1.29, 1.82) is 0 Å². The summed E-state index contributed by atoms with van der Waals surface area (Å²) >= 11 is 0. The van der Waals surface area contributed by atoms with Gasteiger partial charge < -0.3 is 24.3 Å². The van der Waals surface area contributed by atoms with E-state index in [4.69, 9.17) is 4.74 Å². The van der Waals surface area contributed by atoms with Gasteiger partial charge in [0.05, 0.1) is 35.3 Å². The van der Waals surface area contributed by atoms with Gasteiger partial charge in [-0.05, 0) is 36.2 Å². The second-order valence-corrected chi connectivity index (χ2v) is 8.43. The number of carbonyl (C=O) groups is 2. The smallest absolute Gasteiger partial charge is 0.251 e. The molecule has 0 aliphatic rings. The SMILES string of the molecule is COCC(=O)Nc1cc(C(=O)NCc2cn3ccccc3n2)cc2ncn(CCc3ccccc3)c12. The van der Waals surface area contributed by atoms with Crippen LogP contribution in [-0.4, -0.2) is 44.5 Å². The molecule has 9 heteroatoms. The van der Waals surface area contributed by atoms with E-state index in [1.165, 1.54) is 12.7 Å². The molecule has 0 fully saturated rings. The molecule has 0 spiro atoms. The molecule has 9 nitrogen and oxygen atoms in total. The predicted molar refractivity (Wildman–Crippen MR) is 137 cm³/mol. The molecule has 0 bridgehead atoms. The van der Waals surface area contributed by atoms with Crippen LogP contribution < -0.4 is 10.6 Å². The lowest BCUT2D eigenvalue weighted by Gasteiger charge is -2.12. The van der Waals surface area contributed by atoms with Crippen LogP contribution in [0.4, 0.5) is 5.69 Å². The van der Waals surface area contributed by atoms with Crippen molar-refractivity contribution in [1.82, 2.24) is 24.3 Å². The molecule has 3 heterocycles. The number of hydrogen-bond donors (Lipinski definition) is 2. The number of aryl methyl sites for hydroxylation is 2. The minimum atomic E-state index is -0.308. The lowest BCUT2D eigenvalue weighted by Crippen LogP contribution is -2.24. The number of amides is 2. The highest BCUT2D eigenvalue weighted by molar-refractivity contribution is 6.05. The lowest BCUT2D eigenvalue weighted by molar-refractivity contribution is -0.119. The summed E-state index contributed by atoms with van der Waals surface area (Å²) in [4.78, 5) is 34.4. The zero-order chi connectivity index (χ0) is 24.9. The van der Waals surface area contributed by atoms with Gasteiger partial charge in [-0.15, -0.1) is 0 Å². The molecule has 5 rings (SSSR count). The first kappa shape index (κ1) is 23.3. The van der Waals surface area contributed by atoms with Gasteiger partial charge in [-0.1, -0.05) is 36.4 Å². The summed E-state index contributed by atoms with van der Waals surface area (Å²) < 4.78 is 8.86. The van der Waals surface area contributed by atoms with Gasteiger partial charge in [0.2, 0.25) is 5.91 Å². The third-order valence-electron chi connectivity index (χ3n) is 5.85. The summed E-state index contributed by atoms with van der Waals surface area (Å²) in [5.41, 5.74) is 5.04. The number of aromatic nitrogens is 4. The van der Waals surface area contributed by atoms with Crippen LogP contribution in [0.15, 0.2) is 79.4 Å². The quantitative estimate of drug-likeness (QED) is 0.335. The van der Waals surface area contributed by atoms with Crippen LogP contribution in [0.5, 0.6) is 0 Å². The minimum Gasteiger partial charge on any atom is -0.375 e. The summed E-state index contributed by atoms with van der Waals surface area (Å²) in [6.07, 6.45) is 6.32. The Hall–Kier alpha value is -4.50. The van der Waals surface area contributed by atoms with E-state index in [0.29, 0.717) is 23.3 Å². The van der Waals surface area contributed by atoms with Crippen LogP contribution in [0.3, 0.4) is 0 Å². The second-order valence-electron chi connectivity index (χ2n) is 8.43. The normalized spacial score (nSPS) is 11.1. The maximum atomic E-state index is 13.0. The van der Waals surface area contributed by atoms with E-state index < -0.39 is 0 Å². The fourth-order valence-electron chi connectivity index (χ4n) is 4.16. The Kier molecular flexibility index (Phi) is 6.72. The van der Waals surface area contributed by atoms with Crippen molar-refractivity contribution in [2.24, 2.45) is 0 Å². The molecule has 0 atom stereocenters. The molecule has 2 aromatic carbocycles. The molecule has 0 saturated heterocycles. The number of methoxy groups -OCH3 is 1. The molecule has 0 unspecified atom stereocenters. The van der Waals surface area contributed by atoms with Gasteiger partial charge >= 0.3 is 0 Å². The van der Waals surface area contributed by atoms with Crippen LogP contribution in [0.25, 0.3) is 16.7 Å². The van der Waals surface area contributed by atoms with Crippen LogP contribution in [-0.2, 0) is 29.0 Å². The van der Waals surface area contributed by atoms with Gasteiger partial charge in [0, 0.05) is 31.6 Å². The third kappa shape index (κ3) is 5.11. The van der Waals surface area contributed by atoms with Crippen molar-refractivity contribution >= 4 is 34.2 Å². The molecule has 2 amide bonds. The number of hydrogen-bond acceptors (Lipinski definition) is 5. The van der Waals surface area contributed by atoms with Crippen molar-refractivity contribution in [3.05, 3.63) is 96.2 Å². The van der Waals surface area contributed by atoms with Crippen molar-refractivity contribution in [2.45, 2.75) is 19.5 Å². The largest absolute Gasteiger partial charge is 0.375 e. The number of imidazole rings is 2. The van der Waals surface area contributed by atoms with Crippen LogP contribution in [0, 0.1) is 0 Å². The number of anilines is 1. The van der Waals surface area contributed by atoms with Crippen molar-refractivity contribution < 1.29 is 14.3 Å². The fraction of sp³-hybridized carbons (Fsp3) is 0.185. The summed E-state index contributed by atoms with van der Waals surface area (Å²) in [7, 11) is 1.46. The van der Waals surface area contributed by atoms with E-state index in [1.54, 1.807) is 18.5 Å². The predicted octanol–water partition coefficient (Wildman–Crippen LogP) is 3.44. The number of ether oxygens (including phenoxy) is 1. The van der Waals surface area contributed by atoms with E-state index in [1.807, 2.05) is 57.8 Å². The Balaban J connectivity index is 1.39. The highest BCUT2D eigenvalue weighted by atomic mass is 16.5. The maximum Gasteiger partial charge on any atom is 0.251 e. The van der Waals surface area contributed by atoms with Crippen LogP contribution in [0.1, 0.15) is 21.6 Å². The Labute approximate surface area is 207 Å². The lowest BCUT2D eigenvalue weighted by atomic mass is 10.1. The zero-order valence-corrected chi connectivity index (χ0v) is 19.8. The average Bonchev–Trinajstić information content (AvgIpc) is 3.50. The molecular weight excluding hydrogens is 456 g/mol. The number of rotatable bonds is 9. The van der Waals surface area contributed by atoms with Crippen LogP contribution >= 0.6 is 0 Å². The molecule has 0 aliphatic carbocycles. The Morgan fingerprint density at radius 2 is 1.89 bits per heavy atom. The van der Waals surface area contributed by atoms with E-state index in [9.17, 15) is 9.59 Å². The number of pyridine rings is 1. The number of benzene rings is 2. The summed E-state index contributed by atoms with van der Waals surface area (Å²) in [6.45, 7) is 0.854. The van der Waals surface area contributed by atoms with E-state index in [2.05, 4.69) is 32.7 Å². The second kappa shape index (κ2) is 10.4. The molecule has 0 saturated carbocycles. The van der Waals surface area contributed by atoms with Gasteiger partial charge in [0.1, 0.15) is 12.3 Å². The summed E-state index contributed by atoms with van der Waals surface area (Å²) in [5, 5.41) is 5.79. The Morgan fingerprint density at radius 1 is 1.06 bits per heavy atom. The van der Waals surface area contributed by atoms with Crippen molar-refractivity contribution in [3.8, 4) is 0 Å². The molecule has 182 valence electrons. The molecule has 5 aromatic rings. The Morgan fingerprint density at radius 3 is 2.69 bits per heavy atom. The number of fused-ring (bicyclic) bond motifs is 2. The zero-order valence-electron chi connectivity index (χ0n) is 19.8. The van der Waals surface area contributed by atoms with Gasteiger partial charge in [-0.3, -0.25) is 9.59 Å². The number of carbonyl (C=O) groups excluding carboxylic acids is 2. The monoisotopic (exact) mass is 482 g/mol. The molecule has 0 aliphatic heterocycles. The first-order valence-electron chi connectivity index (χ1n) is 11.6. The third-order valence-corrected chi connectivity index (χ3v) is 5.85. The molecule has 36 heavy (non-hydrogen) atoms. The van der Waals surface area contributed by atoms with E-state index in [-0.39, 0.29) is 25.0 Å². The summed E-state index contributed by atoms with van der Waals surface area (Å²) in [5.74, 6) is -0.591. The standard InChI is InChI=1S/C27H26N6O3/c1-36-17-25(34)31-23-14-20(27(35)28-15-21-16-32-11-6-5-9-24(32)30-21)13-22-26(23)33(18-29-22)12-10-19-7-3-2-4-8-19/h2-9,11,13-14,16,18H,10,12,15,17H2,1H3,(H,28,35)(H,31,34). The van der Waals surface area contributed by atoms with Gasteiger partial charge in [-0.2, -0.15) is 0 Å². The van der Waals surface area contributed by atoms with Crippen molar-refractivity contribution in [2.75, 3.05) is 19.0 Å². The number of nitrogens with zero attached hydrogens (tertiary/aromatic N) is 4. The van der Waals surface area contributed by atoms with Gasteiger partial charge in [0.25, 0.3) is 5.91 Å². The molecule has 0 radical (unpaired) electrons. The van der Waals surface area contributed by atoms with Gasteiger partial charge in [0.15, 0.2) is 0 Å². The molecule has 2 N–H and O–H groups in total. The molecular formula is C27H26N6O3. The fourth-order valence-corrected chi connectivity index (χ4v) is 4.16. The highest BCUT2D eigenvalue weighted by Crippen LogP contribution is 2.26. The minimum absolute atomic E-state index is 0.0933. The average molecular weight is 483 g/mol. The first-order valence-corrected chi connectivity index (χ1v) is 11.6. The van der Waals surface area contributed by atoms with Crippen molar-refractivity contribution in [3.63, 3.8) is 0 Å².